The maximum absolute atomic E-state index is 12.7. The predicted octanol–water partition coefficient (Wildman–Crippen LogP) is 9.52. The van der Waals surface area contributed by atoms with Gasteiger partial charge in [0, 0.05) is 18.7 Å². The summed E-state index contributed by atoms with van der Waals surface area (Å²) in [5, 5.41) is 6.27. The second kappa shape index (κ2) is 22.3. The van der Waals surface area contributed by atoms with Gasteiger partial charge in [0.15, 0.2) is 5.81 Å². The predicted molar refractivity (Wildman–Crippen MR) is 177 cm³/mol. The maximum Gasteiger partial charge on any atom is 0.243 e. The molecule has 2 amide bonds. The van der Waals surface area contributed by atoms with E-state index >= 15 is 0 Å². The van der Waals surface area contributed by atoms with E-state index in [4.69, 9.17) is 4.74 Å². The topological polar surface area (TPSA) is 67.4 Å². The molecule has 1 aliphatic carbocycles. The third-order valence-electron chi connectivity index (χ3n) is 8.62. The first-order valence-electron chi connectivity index (χ1n) is 17.3. The van der Waals surface area contributed by atoms with Crippen molar-refractivity contribution in [2.24, 2.45) is 5.92 Å². The number of hydrogen-bond donors (Lipinski definition) is 2. The maximum atomic E-state index is 12.7. The Balaban J connectivity index is 2.35. The number of amides is 2. The fourth-order valence-electron chi connectivity index (χ4n) is 5.73. The van der Waals surface area contributed by atoms with E-state index in [-0.39, 0.29) is 22.9 Å². The first-order valence-corrected chi connectivity index (χ1v) is 17.3. The highest BCUT2D eigenvalue weighted by Crippen LogP contribution is 2.26. The summed E-state index contributed by atoms with van der Waals surface area (Å²) < 4.78 is 6.20. The van der Waals surface area contributed by atoms with Crippen molar-refractivity contribution in [2.45, 2.75) is 180 Å². The Kier molecular flexibility index (Phi) is 20.5. The summed E-state index contributed by atoms with van der Waals surface area (Å²) in [5.41, 5.74) is -0.670. The molecule has 1 fully saturated rings. The van der Waals surface area contributed by atoms with Gasteiger partial charge in [0.1, 0.15) is 0 Å². The minimum Gasteiger partial charge on any atom is -0.375 e. The van der Waals surface area contributed by atoms with Crippen LogP contribution in [0.5, 0.6) is 0 Å². The van der Waals surface area contributed by atoms with Crippen LogP contribution in [-0.2, 0) is 9.53 Å². The van der Waals surface area contributed by atoms with Crippen molar-refractivity contribution in [3.05, 3.63) is 12.2 Å². The van der Waals surface area contributed by atoms with E-state index in [1.165, 1.54) is 96.3 Å². The summed E-state index contributed by atoms with van der Waals surface area (Å²) in [7, 11) is 1.93. The SMILES string of the molecule is CCCCCCC(/C=C/C(=O)NCCC(C)(C)OCCC(C)(C)NC(=O)[B]C1CCCCCCC1)CCCCCC. The van der Waals surface area contributed by atoms with Gasteiger partial charge >= 0.3 is 0 Å². The molecule has 0 atom stereocenters. The van der Waals surface area contributed by atoms with Gasteiger partial charge in [-0.3, -0.25) is 9.59 Å². The van der Waals surface area contributed by atoms with Crippen LogP contribution < -0.4 is 10.6 Å². The number of ether oxygens (including phenoxy) is 1. The van der Waals surface area contributed by atoms with E-state index in [1.54, 1.807) is 6.08 Å². The van der Waals surface area contributed by atoms with Gasteiger partial charge < -0.3 is 15.4 Å². The van der Waals surface area contributed by atoms with Crippen LogP contribution in [0.2, 0.25) is 5.82 Å². The Hall–Kier alpha value is -1.30. The fraction of sp³-hybridized carbons (Fsp3) is 0.886. The van der Waals surface area contributed by atoms with Gasteiger partial charge in [-0.05, 0) is 65.4 Å². The zero-order valence-electron chi connectivity index (χ0n) is 28.0. The minimum absolute atomic E-state index is 0.00250. The van der Waals surface area contributed by atoms with Crippen LogP contribution in [0.3, 0.4) is 0 Å². The van der Waals surface area contributed by atoms with Crippen molar-refractivity contribution < 1.29 is 14.3 Å². The van der Waals surface area contributed by atoms with Crippen LogP contribution in [0.1, 0.15) is 164 Å². The third-order valence-corrected chi connectivity index (χ3v) is 8.62. The number of carbonyl (C=O) groups excluding carboxylic acids is 2. The van der Waals surface area contributed by atoms with Gasteiger partial charge in [0.2, 0.25) is 13.2 Å². The molecule has 1 saturated carbocycles. The Morgan fingerprint density at radius 3 is 2.02 bits per heavy atom. The first-order chi connectivity index (χ1) is 19.6. The van der Waals surface area contributed by atoms with Crippen molar-refractivity contribution in [1.29, 1.82) is 0 Å². The molecule has 0 aliphatic heterocycles. The van der Waals surface area contributed by atoms with E-state index in [1.807, 2.05) is 7.28 Å². The molecule has 237 valence electrons. The lowest BCUT2D eigenvalue weighted by atomic mass is 9.59. The van der Waals surface area contributed by atoms with Crippen LogP contribution in [0, 0.1) is 5.92 Å². The second-order valence-electron chi connectivity index (χ2n) is 13.9. The highest BCUT2D eigenvalue weighted by atomic mass is 16.5. The van der Waals surface area contributed by atoms with Crippen molar-refractivity contribution in [3.63, 3.8) is 0 Å². The average molecular weight is 574 g/mol. The number of rotatable bonds is 22. The average Bonchev–Trinajstić information content (AvgIpc) is 2.87. The summed E-state index contributed by atoms with van der Waals surface area (Å²) in [4.78, 5) is 25.2. The van der Waals surface area contributed by atoms with Gasteiger partial charge in [-0.1, -0.05) is 122 Å². The van der Waals surface area contributed by atoms with Crippen molar-refractivity contribution in [3.8, 4) is 0 Å². The van der Waals surface area contributed by atoms with Crippen molar-refractivity contribution >= 4 is 19.0 Å². The molecule has 6 heteroatoms. The summed E-state index contributed by atoms with van der Waals surface area (Å²) in [5.74, 6) is 0.971. The second-order valence-corrected chi connectivity index (χ2v) is 13.9. The van der Waals surface area contributed by atoms with E-state index in [2.05, 4.69) is 58.3 Å². The number of unbranched alkanes of at least 4 members (excludes halogenated alkanes) is 6. The minimum atomic E-state index is -0.344. The molecular formula is C35H66BN2O3. The molecular weight excluding hydrogens is 507 g/mol. The standard InChI is InChI=1S/C35H66BN2O3/c1-7-9-11-16-20-30(21-17-12-10-8-2)24-25-32(39)37-28-26-35(5,6)41-29-27-34(3,4)38-33(40)36-31-22-18-14-13-15-19-23-31/h24-25,30-31H,7-23,26-29H2,1-6H3,(H,37,39)(H,38,40)/b25-24+. The molecule has 0 spiro atoms. The molecule has 0 unspecified atom stereocenters. The van der Waals surface area contributed by atoms with Crippen LogP contribution in [0.15, 0.2) is 12.2 Å². The highest BCUT2D eigenvalue weighted by molar-refractivity contribution is 6.74. The number of allylic oxidation sites excluding steroid dienone is 1. The number of hydrogen-bond acceptors (Lipinski definition) is 3. The quantitative estimate of drug-likeness (QED) is 0.0770. The normalized spacial score (nSPS) is 15.6. The van der Waals surface area contributed by atoms with Crippen LogP contribution >= 0.6 is 0 Å². The zero-order chi connectivity index (χ0) is 30.4. The lowest BCUT2D eigenvalue weighted by molar-refractivity contribution is -0.116. The Bertz CT molecular complexity index is 702. The summed E-state index contributed by atoms with van der Waals surface area (Å²) in [6.45, 7) is 13.9. The molecule has 0 aromatic carbocycles. The highest BCUT2D eigenvalue weighted by Gasteiger charge is 2.25. The van der Waals surface area contributed by atoms with Gasteiger partial charge in [-0.15, -0.1) is 0 Å². The molecule has 0 aromatic heterocycles. The van der Waals surface area contributed by atoms with E-state index in [0.29, 0.717) is 24.9 Å². The molecule has 0 aromatic rings. The monoisotopic (exact) mass is 574 g/mol. The van der Waals surface area contributed by atoms with Gasteiger partial charge in [-0.25, -0.2) is 0 Å². The van der Waals surface area contributed by atoms with Gasteiger partial charge in [0.25, 0.3) is 0 Å². The third kappa shape index (κ3) is 21.1. The summed E-state index contributed by atoms with van der Waals surface area (Å²) in [6, 6.07) is 0. The molecule has 5 nitrogen and oxygen atoms in total. The van der Waals surface area contributed by atoms with E-state index in [9.17, 15) is 9.59 Å². The number of nitrogens with one attached hydrogen (secondary N) is 2. The van der Waals surface area contributed by atoms with Gasteiger partial charge in [-0.2, -0.15) is 0 Å². The lowest BCUT2D eigenvalue weighted by Crippen LogP contribution is -2.46. The number of carbonyl (C=O) groups is 2. The first kappa shape index (κ1) is 37.7. The largest absolute Gasteiger partial charge is 0.375 e. The van der Waals surface area contributed by atoms with E-state index in [0.717, 1.165) is 25.7 Å². The van der Waals surface area contributed by atoms with Gasteiger partial charge in [0.05, 0.1) is 5.60 Å². The molecule has 1 radical (unpaired) electrons. The lowest BCUT2D eigenvalue weighted by Gasteiger charge is -2.31. The van der Waals surface area contributed by atoms with E-state index < -0.39 is 0 Å². The van der Waals surface area contributed by atoms with Crippen LogP contribution in [0.25, 0.3) is 0 Å². The van der Waals surface area contributed by atoms with Crippen LogP contribution in [-0.4, -0.2) is 43.3 Å². The molecule has 1 aliphatic rings. The molecule has 0 heterocycles. The summed E-state index contributed by atoms with van der Waals surface area (Å²) >= 11 is 0. The molecule has 41 heavy (non-hydrogen) atoms. The Morgan fingerprint density at radius 2 is 1.44 bits per heavy atom. The molecule has 0 bridgehead atoms. The Labute approximate surface area is 255 Å². The molecule has 0 saturated heterocycles. The van der Waals surface area contributed by atoms with Crippen LogP contribution in [0.4, 0.5) is 4.79 Å². The van der Waals surface area contributed by atoms with Crippen molar-refractivity contribution in [2.75, 3.05) is 13.2 Å². The Morgan fingerprint density at radius 1 is 0.854 bits per heavy atom. The summed E-state index contributed by atoms with van der Waals surface area (Å²) in [6.07, 6.45) is 26.6. The van der Waals surface area contributed by atoms with Crippen molar-refractivity contribution in [1.82, 2.24) is 10.6 Å². The molecule has 2 N–H and O–H groups in total. The molecule has 1 rings (SSSR count). The zero-order valence-corrected chi connectivity index (χ0v) is 28.0. The fourth-order valence-corrected chi connectivity index (χ4v) is 5.73. The smallest absolute Gasteiger partial charge is 0.243 e.